The van der Waals surface area contributed by atoms with Crippen LogP contribution in [0.25, 0.3) is 0 Å². The Bertz CT molecular complexity index is 169. The SMILES string of the molecule is C=C[Si](C)(OCCC(C)C)OC(C)C. The molecule has 0 N–H and O–H groups in total. The van der Waals surface area contributed by atoms with Crippen LogP contribution in [-0.4, -0.2) is 21.3 Å². The van der Waals surface area contributed by atoms with Gasteiger partial charge in [-0.3, -0.25) is 0 Å². The second-order valence-corrected chi connectivity index (χ2v) is 7.38. The first-order chi connectivity index (χ1) is 6.39. The maximum absolute atomic E-state index is 5.80. The molecule has 0 aliphatic heterocycles. The predicted molar refractivity (Wildman–Crippen MR) is 63.4 cm³/mol. The average molecular weight is 216 g/mol. The Morgan fingerprint density at radius 3 is 2.21 bits per heavy atom. The van der Waals surface area contributed by atoms with Gasteiger partial charge in [-0.1, -0.05) is 13.8 Å². The van der Waals surface area contributed by atoms with E-state index in [2.05, 4.69) is 20.4 Å². The molecule has 0 aromatic rings. The Morgan fingerprint density at radius 2 is 1.86 bits per heavy atom. The van der Waals surface area contributed by atoms with Gasteiger partial charge in [0.15, 0.2) is 0 Å². The van der Waals surface area contributed by atoms with Crippen LogP contribution in [0.1, 0.15) is 34.1 Å². The first-order valence-corrected chi connectivity index (χ1v) is 7.74. The Labute approximate surface area is 89.6 Å². The lowest BCUT2D eigenvalue weighted by molar-refractivity contribution is 0.141. The summed E-state index contributed by atoms with van der Waals surface area (Å²) in [5.41, 5.74) is 1.85. The van der Waals surface area contributed by atoms with Crippen molar-refractivity contribution in [3.05, 3.63) is 12.3 Å². The van der Waals surface area contributed by atoms with Crippen LogP contribution in [0.15, 0.2) is 12.3 Å². The van der Waals surface area contributed by atoms with Crippen molar-refractivity contribution in [2.45, 2.75) is 46.8 Å². The zero-order chi connectivity index (χ0) is 11.2. The minimum Gasteiger partial charge on any atom is -0.391 e. The summed E-state index contributed by atoms with van der Waals surface area (Å²) in [5, 5.41) is 0. The van der Waals surface area contributed by atoms with Gasteiger partial charge in [0, 0.05) is 12.7 Å². The molecule has 0 amide bonds. The van der Waals surface area contributed by atoms with Crippen molar-refractivity contribution < 1.29 is 8.85 Å². The van der Waals surface area contributed by atoms with Crippen LogP contribution >= 0.6 is 0 Å². The number of hydrogen-bond acceptors (Lipinski definition) is 2. The van der Waals surface area contributed by atoms with Gasteiger partial charge < -0.3 is 8.85 Å². The highest BCUT2D eigenvalue weighted by molar-refractivity contribution is 6.71. The van der Waals surface area contributed by atoms with Crippen LogP contribution in [-0.2, 0) is 8.85 Å². The molecule has 0 aromatic carbocycles. The van der Waals surface area contributed by atoms with Crippen LogP contribution in [0, 0.1) is 5.92 Å². The molecule has 0 saturated heterocycles. The Balaban J connectivity index is 3.93. The second-order valence-electron chi connectivity index (χ2n) is 4.42. The molecule has 0 spiro atoms. The second kappa shape index (κ2) is 6.38. The van der Waals surface area contributed by atoms with Crippen LogP contribution in [0.3, 0.4) is 0 Å². The molecular formula is C11H24O2Si. The van der Waals surface area contributed by atoms with E-state index >= 15 is 0 Å². The fraction of sp³-hybridized carbons (Fsp3) is 0.818. The van der Waals surface area contributed by atoms with E-state index in [-0.39, 0.29) is 6.10 Å². The van der Waals surface area contributed by atoms with Crippen molar-refractivity contribution in [1.29, 1.82) is 0 Å². The van der Waals surface area contributed by atoms with Crippen LogP contribution in [0.5, 0.6) is 0 Å². The third kappa shape index (κ3) is 6.35. The van der Waals surface area contributed by atoms with E-state index in [1.165, 1.54) is 0 Å². The quantitative estimate of drug-likeness (QED) is 0.608. The molecule has 0 aromatic heterocycles. The summed E-state index contributed by atoms with van der Waals surface area (Å²) >= 11 is 0. The normalized spacial score (nSPS) is 15.9. The molecule has 0 heterocycles. The summed E-state index contributed by atoms with van der Waals surface area (Å²) in [7, 11) is -2.09. The van der Waals surface area contributed by atoms with Gasteiger partial charge in [-0.15, -0.1) is 6.58 Å². The van der Waals surface area contributed by atoms with Gasteiger partial charge >= 0.3 is 8.56 Å². The zero-order valence-corrected chi connectivity index (χ0v) is 11.2. The predicted octanol–water partition coefficient (Wildman–Crippen LogP) is 3.27. The molecule has 0 aliphatic carbocycles. The first kappa shape index (κ1) is 13.9. The van der Waals surface area contributed by atoms with E-state index in [0.29, 0.717) is 5.92 Å². The smallest absolute Gasteiger partial charge is 0.361 e. The van der Waals surface area contributed by atoms with Crippen molar-refractivity contribution >= 4 is 8.56 Å². The Morgan fingerprint density at radius 1 is 1.29 bits per heavy atom. The summed E-state index contributed by atoms with van der Waals surface area (Å²) < 4.78 is 11.6. The Hall–Kier alpha value is -0.123. The molecule has 0 fully saturated rings. The zero-order valence-electron chi connectivity index (χ0n) is 10.2. The summed E-state index contributed by atoms with van der Waals surface area (Å²) in [6, 6.07) is 0. The molecule has 0 saturated carbocycles. The third-order valence-corrected chi connectivity index (χ3v) is 4.38. The summed E-state index contributed by atoms with van der Waals surface area (Å²) in [6.45, 7) is 15.1. The number of rotatable bonds is 7. The van der Waals surface area contributed by atoms with E-state index in [1.54, 1.807) is 0 Å². The fourth-order valence-corrected chi connectivity index (χ4v) is 2.85. The van der Waals surface area contributed by atoms with Crippen molar-refractivity contribution in [1.82, 2.24) is 0 Å². The lowest BCUT2D eigenvalue weighted by Gasteiger charge is -2.26. The molecule has 84 valence electrons. The van der Waals surface area contributed by atoms with Crippen LogP contribution in [0.2, 0.25) is 6.55 Å². The highest BCUT2D eigenvalue weighted by atomic mass is 28.4. The molecule has 0 rings (SSSR count). The average Bonchev–Trinajstić information content (AvgIpc) is 2.02. The molecule has 2 nitrogen and oxygen atoms in total. The van der Waals surface area contributed by atoms with Gasteiger partial charge in [0.25, 0.3) is 0 Å². The minimum atomic E-state index is -2.09. The van der Waals surface area contributed by atoms with Gasteiger partial charge in [-0.2, -0.15) is 0 Å². The summed E-state index contributed by atoms with van der Waals surface area (Å²) in [4.78, 5) is 0. The van der Waals surface area contributed by atoms with Crippen molar-refractivity contribution in [2.75, 3.05) is 6.61 Å². The molecule has 14 heavy (non-hydrogen) atoms. The van der Waals surface area contributed by atoms with Crippen molar-refractivity contribution in [3.8, 4) is 0 Å². The summed E-state index contributed by atoms with van der Waals surface area (Å²) in [5.74, 6) is 0.678. The first-order valence-electron chi connectivity index (χ1n) is 5.35. The lowest BCUT2D eigenvalue weighted by atomic mass is 10.2. The standard InChI is InChI=1S/C11H24O2Si/c1-7-14(6,13-11(4)5)12-9-8-10(2)3/h7,10-11H,1,8-9H2,2-6H3. The monoisotopic (exact) mass is 216 g/mol. The topological polar surface area (TPSA) is 18.5 Å². The molecule has 0 radical (unpaired) electrons. The molecule has 1 unspecified atom stereocenters. The van der Waals surface area contributed by atoms with Crippen molar-refractivity contribution in [2.24, 2.45) is 5.92 Å². The van der Waals surface area contributed by atoms with E-state index in [4.69, 9.17) is 8.85 Å². The van der Waals surface area contributed by atoms with E-state index in [9.17, 15) is 0 Å². The lowest BCUT2D eigenvalue weighted by Crippen LogP contribution is -2.39. The summed E-state index contributed by atoms with van der Waals surface area (Å²) in [6.07, 6.45) is 1.29. The van der Waals surface area contributed by atoms with Gasteiger partial charge in [-0.25, -0.2) is 0 Å². The molecular weight excluding hydrogens is 192 g/mol. The maximum Gasteiger partial charge on any atom is 0.361 e. The van der Waals surface area contributed by atoms with Gasteiger partial charge in [0.05, 0.1) is 0 Å². The third-order valence-electron chi connectivity index (χ3n) is 1.92. The Kier molecular flexibility index (Phi) is 6.32. The van der Waals surface area contributed by atoms with E-state index < -0.39 is 8.56 Å². The number of hydrogen-bond donors (Lipinski definition) is 0. The van der Waals surface area contributed by atoms with Gasteiger partial charge in [0.1, 0.15) is 0 Å². The van der Waals surface area contributed by atoms with Crippen LogP contribution in [0.4, 0.5) is 0 Å². The fourth-order valence-electron chi connectivity index (χ4n) is 1.11. The molecule has 1 atom stereocenters. The van der Waals surface area contributed by atoms with Crippen LogP contribution < -0.4 is 0 Å². The van der Waals surface area contributed by atoms with E-state index in [1.807, 2.05) is 26.1 Å². The van der Waals surface area contributed by atoms with Gasteiger partial charge in [0.2, 0.25) is 0 Å². The highest BCUT2D eigenvalue weighted by Crippen LogP contribution is 2.13. The molecule has 3 heteroatoms. The minimum absolute atomic E-state index is 0.212. The van der Waals surface area contributed by atoms with Crippen molar-refractivity contribution in [3.63, 3.8) is 0 Å². The highest BCUT2D eigenvalue weighted by Gasteiger charge is 2.28. The maximum atomic E-state index is 5.80. The van der Waals surface area contributed by atoms with E-state index in [0.717, 1.165) is 13.0 Å². The largest absolute Gasteiger partial charge is 0.391 e. The molecule has 0 aliphatic rings. The molecule has 0 bridgehead atoms. The van der Waals surface area contributed by atoms with Gasteiger partial charge in [-0.05, 0) is 38.4 Å².